The van der Waals surface area contributed by atoms with Crippen LogP contribution in [0.15, 0.2) is 11.4 Å². The Kier molecular flexibility index (Phi) is 4.11. The monoisotopic (exact) mass is 304 g/mol. The van der Waals surface area contributed by atoms with Crippen molar-refractivity contribution in [2.45, 2.75) is 0 Å². The molecule has 11 heteroatoms. The van der Waals surface area contributed by atoms with Crippen LogP contribution in [0.2, 0.25) is 0 Å². The fraction of sp³-hybridized carbons (Fsp3) is 0.556. The van der Waals surface area contributed by atoms with Gasteiger partial charge < -0.3 is 15.7 Å². The molecular formula is C9H16N6O4S. The Balaban J connectivity index is 2.27. The zero-order chi connectivity index (χ0) is 14.8. The maximum atomic E-state index is 12.2. The normalized spacial score (nSPS) is 18.1. The van der Waals surface area contributed by atoms with E-state index < -0.39 is 10.2 Å². The predicted molar refractivity (Wildman–Crippen MR) is 70.7 cm³/mol. The Labute approximate surface area is 116 Å². The minimum atomic E-state index is -3.74. The van der Waals surface area contributed by atoms with E-state index in [2.05, 4.69) is 15.0 Å². The number of oxime groups is 1. The van der Waals surface area contributed by atoms with Crippen LogP contribution in [0.25, 0.3) is 0 Å². The Morgan fingerprint density at radius 1 is 1.55 bits per heavy atom. The topological polar surface area (TPSA) is 135 Å². The number of rotatable bonds is 4. The average Bonchev–Trinajstić information content (AvgIpc) is 2.80. The van der Waals surface area contributed by atoms with Crippen molar-refractivity contribution in [2.75, 3.05) is 31.0 Å². The molecule has 2 rings (SSSR count). The summed E-state index contributed by atoms with van der Waals surface area (Å²) < 4.78 is 34.5. The van der Waals surface area contributed by atoms with E-state index in [-0.39, 0.29) is 30.3 Å². The molecule has 20 heavy (non-hydrogen) atoms. The van der Waals surface area contributed by atoms with Crippen LogP contribution in [-0.2, 0) is 22.0 Å². The molecule has 0 aliphatic carbocycles. The maximum Gasteiger partial charge on any atom is 0.302 e. The molecule has 1 aromatic heterocycles. The van der Waals surface area contributed by atoms with Crippen LogP contribution >= 0.6 is 0 Å². The van der Waals surface area contributed by atoms with Gasteiger partial charge in [0.1, 0.15) is 5.82 Å². The number of nitrogens with zero attached hydrogens (tertiary/aromatic N) is 4. The summed E-state index contributed by atoms with van der Waals surface area (Å²) in [5, 5.41) is 15.4. The summed E-state index contributed by atoms with van der Waals surface area (Å²) in [6, 6.07) is 0. The van der Waals surface area contributed by atoms with Gasteiger partial charge in [0.05, 0.1) is 25.0 Å². The molecule has 0 spiro atoms. The van der Waals surface area contributed by atoms with Gasteiger partial charge in [0.2, 0.25) is 0 Å². The van der Waals surface area contributed by atoms with E-state index >= 15 is 0 Å². The van der Waals surface area contributed by atoms with E-state index in [1.54, 1.807) is 7.05 Å². The highest BCUT2D eigenvalue weighted by Crippen LogP contribution is 2.17. The number of nitrogens with one attached hydrogen (secondary N) is 1. The lowest BCUT2D eigenvalue weighted by Gasteiger charge is -2.26. The Bertz CT molecular complexity index is 604. The van der Waals surface area contributed by atoms with Gasteiger partial charge in [-0.25, -0.2) is 0 Å². The zero-order valence-electron chi connectivity index (χ0n) is 10.9. The number of ether oxygens (including phenoxy) is 1. The van der Waals surface area contributed by atoms with Gasteiger partial charge in [-0.3, -0.25) is 9.40 Å². The third-order valence-electron chi connectivity index (χ3n) is 2.86. The fourth-order valence-electron chi connectivity index (χ4n) is 1.77. The first-order valence-electron chi connectivity index (χ1n) is 5.81. The number of hydrogen-bond donors (Lipinski definition) is 3. The van der Waals surface area contributed by atoms with Gasteiger partial charge in [-0.2, -0.15) is 17.8 Å². The Morgan fingerprint density at radius 2 is 2.20 bits per heavy atom. The van der Waals surface area contributed by atoms with E-state index in [0.717, 1.165) is 0 Å². The fourth-order valence-corrected chi connectivity index (χ4v) is 3.02. The number of hydrogen-bond acceptors (Lipinski definition) is 6. The van der Waals surface area contributed by atoms with Crippen molar-refractivity contribution in [2.24, 2.45) is 17.9 Å². The SMILES string of the molecule is Cn1ncc(C(N)=NO)c1NS(=O)(=O)N1CCOCC1. The van der Waals surface area contributed by atoms with Crippen molar-refractivity contribution in [1.82, 2.24) is 14.1 Å². The number of aromatic nitrogens is 2. The largest absolute Gasteiger partial charge is 0.409 e. The van der Waals surface area contributed by atoms with Crippen molar-refractivity contribution in [3.63, 3.8) is 0 Å². The summed E-state index contributed by atoms with van der Waals surface area (Å²) in [4.78, 5) is 0. The van der Waals surface area contributed by atoms with Crippen molar-refractivity contribution in [1.29, 1.82) is 0 Å². The van der Waals surface area contributed by atoms with E-state index in [1.807, 2.05) is 0 Å². The highest BCUT2D eigenvalue weighted by Gasteiger charge is 2.26. The summed E-state index contributed by atoms with van der Waals surface area (Å²) in [6.45, 7) is 1.23. The van der Waals surface area contributed by atoms with Crippen LogP contribution in [0.5, 0.6) is 0 Å². The van der Waals surface area contributed by atoms with Gasteiger partial charge in [-0.05, 0) is 0 Å². The number of anilines is 1. The second-order valence-corrected chi connectivity index (χ2v) is 5.80. The van der Waals surface area contributed by atoms with Gasteiger partial charge in [-0.1, -0.05) is 5.16 Å². The van der Waals surface area contributed by atoms with E-state index in [9.17, 15) is 8.42 Å². The summed E-state index contributed by atoms with van der Waals surface area (Å²) in [5.74, 6) is -0.0930. The molecule has 1 aromatic rings. The third kappa shape index (κ3) is 2.84. The van der Waals surface area contributed by atoms with Gasteiger partial charge in [0, 0.05) is 20.1 Å². The van der Waals surface area contributed by atoms with Crippen molar-refractivity contribution < 1.29 is 18.4 Å². The quantitative estimate of drug-likeness (QED) is 0.268. The first kappa shape index (κ1) is 14.6. The Hall–Kier alpha value is -1.85. The minimum Gasteiger partial charge on any atom is -0.409 e. The molecule has 0 atom stereocenters. The molecule has 0 bridgehead atoms. The molecule has 10 nitrogen and oxygen atoms in total. The molecule has 1 aliphatic heterocycles. The first-order chi connectivity index (χ1) is 9.45. The molecule has 0 amide bonds. The lowest BCUT2D eigenvalue weighted by atomic mass is 10.3. The van der Waals surface area contributed by atoms with Crippen LogP contribution < -0.4 is 10.5 Å². The highest BCUT2D eigenvalue weighted by atomic mass is 32.2. The molecule has 0 radical (unpaired) electrons. The van der Waals surface area contributed by atoms with E-state index in [4.69, 9.17) is 15.7 Å². The molecule has 0 aromatic carbocycles. The second kappa shape index (κ2) is 5.64. The van der Waals surface area contributed by atoms with Crippen molar-refractivity contribution >= 4 is 21.9 Å². The van der Waals surface area contributed by atoms with Crippen LogP contribution in [0, 0.1) is 0 Å². The predicted octanol–water partition coefficient (Wildman–Crippen LogP) is -1.50. The number of amidine groups is 1. The molecule has 0 unspecified atom stereocenters. The van der Waals surface area contributed by atoms with Gasteiger partial charge in [0.25, 0.3) is 0 Å². The number of morpholine rings is 1. The lowest BCUT2D eigenvalue weighted by Crippen LogP contribution is -2.44. The highest BCUT2D eigenvalue weighted by molar-refractivity contribution is 7.90. The number of nitrogens with two attached hydrogens (primary N) is 1. The first-order valence-corrected chi connectivity index (χ1v) is 7.25. The van der Waals surface area contributed by atoms with Crippen molar-refractivity contribution in [3.8, 4) is 0 Å². The molecule has 0 saturated carbocycles. The summed E-state index contributed by atoms with van der Waals surface area (Å²) in [6.07, 6.45) is 1.31. The van der Waals surface area contributed by atoms with E-state index in [0.29, 0.717) is 13.2 Å². The molecule has 1 saturated heterocycles. The van der Waals surface area contributed by atoms with Gasteiger partial charge in [0.15, 0.2) is 5.84 Å². The lowest BCUT2D eigenvalue weighted by molar-refractivity contribution is 0.0733. The van der Waals surface area contributed by atoms with E-state index in [1.165, 1.54) is 15.2 Å². The third-order valence-corrected chi connectivity index (χ3v) is 4.35. The summed E-state index contributed by atoms with van der Waals surface area (Å²) >= 11 is 0. The second-order valence-electron chi connectivity index (χ2n) is 4.13. The zero-order valence-corrected chi connectivity index (χ0v) is 11.7. The standard InChI is InChI=1S/C9H16N6O4S/c1-14-9(7(6-11-14)8(10)12-16)13-20(17,18)15-2-4-19-5-3-15/h6,13,16H,2-5H2,1H3,(H2,10,12). The molecule has 1 fully saturated rings. The average molecular weight is 304 g/mol. The van der Waals surface area contributed by atoms with Gasteiger partial charge >= 0.3 is 10.2 Å². The smallest absolute Gasteiger partial charge is 0.302 e. The molecule has 2 heterocycles. The van der Waals surface area contributed by atoms with Crippen molar-refractivity contribution in [3.05, 3.63) is 11.8 Å². The van der Waals surface area contributed by atoms with Crippen LogP contribution in [-0.4, -0.2) is 59.8 Å². The molecule has 112 valence electrons. The van der Waals surface area contributed by atoms with Gasteiger partial charge in [-0.15, -0.1) is 0 Å². The maximum absolute atomic E-state index is 12.2. The Morgan fingerprint density at radius 3 is 2.80 bits per heavy atom. The molecular weight excluding hydrogens is 288 g/mol. The van der Waals surface area contributed by atoms with Crippen LogP contribution in [0.3, 0.4) is 0 Å². The molecule has 1 aliphatic rings. The van der Waals surface area contributed by atoms with Crippen LogP contribution in [0.4, 0.5) is 5.82 Å². The summed E-state index contributed by atoms with van der Waals surface area (Å²) in [5.41, 5.74) is 5.68. The minimum absolute atomic E-state index is 0.131. The molecule has 4 N–H and O–H groups in total. The summed E-state index contributed by atoms with van der Waals surface area (Å²) in [7, 11) is -2.20. The van der Waals surface area contributed by atoms with Crippen LogP contribution in [0.1, 0.15) is 5.56 Å². The number of aryl methyl sites for hydroxylation is 1.